The van der Waals surface area contributed by atoms with E-state index < -0.39 is 17.6 Å². The maximum absolute atomic E-state index is 12.7. The van der Waals surface area contributed by atoms with Crippen LogP contribution in [0.1, 0.15) is 27.4 Å². The van der Waals surface area contributed by atoms with Crippen LogP contribution in [0.4, 0.5) is 24.5 Å². The van der Waals surface area contributed by atoms with Gasteiger partial charge >= 0.3 is 6.18 Å². The van der Waals surface area contributed by atoms with Crippen molar-refractivity contribution < 1.29 is 18.0 Å². The Morgan fingerprint density at radius 1 is 1.18 bits per heavy atom. The van der Waals surface area contributed by atoms with E-state index in [1.165, 1.54) is 6.20 Å². The molecule has 0 aliphatic heterocycles. The number of halogens is 5. The highest BCUT2D eigenvalue weighted by molar-refractivity contribution is 6.36. The number of carbonyl (C=O) groups is 1. The molecule has 0 unspecified atom stereocenters. The van der Waals surface area contributed by atoms with E-state index in [0.717, 1.165) is 18.2 Å². The molecule has 3 aromatic rings. The Kier molecular flexibility index (Phi) is 5.53. The molecule has 5 nitrogen and oxygen atoms in total. The van der Waals surface area contributed by atoms with Crippen LogP contribution in [-0.2, 0) is 12.6 Å². The van der Waals surface area contributed by atoms with Crippen LogP contribution < -0.4 is 11.1 Å². The van der Waals surface area contributed by atoms with Crippen LogP contribution >= 0.6 is 23.2 Å². The molecule has 0 saturated carbocycles. The van der Waals surface area contributed by atoms with Gasteiger partial charge in [-0.1, -0.05) is 29.3 Å². The molecule has 3 rings (SSSR count). The number of nitrogens with zero attached hydrogens (tertiary/aromatic N) is 1. The van der Waals surface area contributed by atoms with E-state index in [9.17, 15) is 18.0 Å². The van der Waals surface area contributed by atoms with E-state index in [1.54, 1.807) is 18.2 Å². The van der Waals surface area contributed by atoms with Crippen LogP contribution in [0, 0.1) is 0 Å². The number of nitrogens with one attached hydrogen (secondary N) is 2. The number of benzene rings is 2. The third-order valence-corrected chi connectivity index (χ3v) is 4.61. The lowest BCUT2D eigenvalue weighted by Gasteiger charge is -2.11. The van der Waals surface area contributed by atoms with Gasteiger partial charge in [0.05, 0.1) is 23.1 Å². The number of carbonyl (C=O) groups excluding carboxylic acids is 1. The zero-order valence-corrected chi connectivity index (χ0v) is 15.6. The van der Waals surface area contributed by atoms with Gasteiger partial charge in [0.15, 0.2) is 0 Å². The lowest BCUT2D eigenvalue weighted by molar-refractivity contribution is -0.137. The Hall–Kier alpha value is -2.71. The normalized spacial score (nSPS) is 11.5. The number of hydrogen-bond acceptors (Lipinski definition) is 3. The molecule has 28 heavy (non-hydrogen) atoms. The van der Waals surface area contributed by atoms with Crippen molar-refractivity contribution in [2.24, 2.45) is 0 Å². The van der Waals surface area contributed by atoms with E-state index in [4.69, 9.17) is 28.9 Å². The summed E-state index contributed by atoms with van der Waals surface area (Å²) in [6.45, 7) is 0. The number of alkyl halides is 3. The molecular formula is C18H13Cl2F3N4O. The van der Waals surface area contributed by atoms with E-state index in [-0.39, 0.29) is 23.5 Å². The van der Waals surface area contributed by atoms with Crippen molar-refractivity contribution in [3.8, 4) is 0 Å². The van der Waals surface area contributed by atoms with Crippen LogP contribution in [0.25, 0.3) is 0 Å². The first-order chi connectivity index (χ1) is 13.1. The number of amides is 1. The summed E-state index contributed by atoms with van der Waals surface area (Å²) in [7, 11) is 0. The van der Waals surface area contributed by atoms with Crippen LogP contribution in [0.3, 0.4) is 0 Å². The summed E-state index contributed by atoms with van der Waals surface area (Å²) < 4.78 is 38.1. The van der Waals surface area contributed by atoms with Crippen molar-refractivity contribution >= 4 is 40.5 Å². The van der Waals surface area contributed by atoms with E-state index in [1.807, 2.05) is 0 Å². The van der Waals surface area contributed by atoms with Gasteiger partial charge in [0.2, 0.25) is 0 Å². The van der Waals surface area contributed by atoms with Crippen molar-refractivity contribution in [1.82, 2.24) is 9.97 Å². The second kappa shape index (κ2) is 7.73. The number of rotatable bonds is 4. The van der Waals surface area contributed by atoms with Crippen LogP contribution in [0.5, 0.6) is 0 Å². The molecule has 0 atom stereocenters. The van der Waals surface area contributed by atoms with Crippen molar-refractivity contribution in [3.63, 3.8) is 0 Å². The zero-order chi connectivity index (χ0) is 20.5. The molecule has 0 aliphatic rings. The van der Waals surface area contributed by atoms with Crippen LogP contribution in [0.15, 0.2) is 42.6 Å². The average molecular weight is 429 g/mol. The summed E-state index contributed by atoms with van der Waals surface area (Å²) in [6.07, 6.45) is -2.95. The molecule has 0 saturated heterocycles. The number of aromatic amines is 1. The number of H-pyrrole nitrogens is 1. The lowest BCUT2D eigenvalue weighted by atomic mass is 10.1. The smallest absolute Gasteiger partial charge is 0.397 e. The minimum absolute atomic E-state index is 0.0586. The maximum Gasteiger partial charge on any atom is 0.416 e. The number of anilines is 2. The molecule has 2 aromatic carbocycles. The molecule has 4 N–H and O–H groups in total. The summed E-state index contributed by atoms with van der Waals surface area (Å²) in [6, 6.07) is 7.77. The fourth-order valence-corrected chi connectivity index (χ4v) is 3.01. The summed E-state index contributed by atoms with van der Waals surface area (Å²) >= 11 is 12.2. The first-order valence-electron chi connectivity index (χ1n) is 7.90. The van der Waals surface area contributed by atoms with E-state index in [2.05, 4.69) is 15.3 Å². The van der Waals surface area contributed by atoms with Crippen molar-refractivity contribution in [2.75, 3.05) is 11.1 Å². The molecule has 1 amide bonds. The highest BCUT2D eigenvalue weighted by Crippen LogP contribution is 2.33. The fourth-order valence-electron chi connectivity index (χ4n) is 2.48. The first-order valence-corrected chi connectivity index (χ1v) is 8.65. The van der Waals surface area contributed by atoms with Crippen LogP contribution in [0.2, 0.25) is 10.0 Å². The Bertz CT molecular complexity index is 1010. The molecule has 1 heterocycles. The highest BCUT2D eigenvalue weighted by Gasteiger charge is 2.31. The lowest BCUT2D eigenvalue weighted by Crippen LogP contribution is -2.14. The number of hydrogen-bond donors (Lipinski definition) is 3. The highest BCUT2D eigenvalue weighted by atomic mass is 35.5. The summed E-state index contributed by atoms with van der Waals surface area (Å²) in [5.41, 5.74) is 5.33. The predicted molar refractivity (Wildman–Crippen MR) is 102 cm³/mol. The molecule has 0 radical (unpaired) electrons. The topological polar surface area (TPSA) is 83.8 Å². The van der Waals surface area contributed by atoms with Gasteiger partial charge in [-0.15, -0.1) is 0 Å². The second-order valence-electron chi connectivity index (χ2n) is 5.87. The third kappa shape index (κ3) is 4.40. The molecule has 0 fully saturated rings. The zero-order valence-electron chi connectivity index (χ0n) is 14.1. The maximum atomic E-state index is 12.7. The Morgan fingerprint density at radius 2 is 1.86 bits per heavy atom. The average Bonchev–Trinajstić information content (AvgIpc) is 3.08. The fraction of sp³-hybridized carbons (Fsp3) is 0.111. The summed E-state index contributed by atoms with van der Waals surface area (Å²) in [5.74, 6) is -0.156. The van der Waals surface area contributed by atoms with Crippen LogP contribution in [-0.4, -0.2) is 15.9 Å². The molecule has 1 aromatic heterocycles. The Morgan fingerprint density at radius 3 is 2.46 bits per heavy atom. The van der Waals surface area contributed by atoms with Gasteiger partial charge in [0.1, 0.15) is 11.5 Å². The standard InChI is InChI=1S/C18H13Cl2F3N4O/c19-11-2-1-3-12(20)10(11)7-16-25-8-15(26-16)17(28)27-14-5-4-9(6-13(14)24)18(21,22)23/h1-6,8H,7,24H2,(H,25,26)(H,27,28). The van der Waals surface area contributed by atoms with Gasteiger partial charge in [0.25, 0.3) is 5.91 Å². The molecular weight excluding hydrogens is 416 g/mol. The first kappa shape index (κ1) is 20.0. The minimum Gasteiger partial charge on any atom is -0.397 e. The summed E-state index contributed by atoms with van der Waals surface area (Å²) in [4.78, 5) is 19.3. The van der Waals surface area contributed by atoms with Gasteiger partial charge in [-0.05, 0) is 35.9 Å². The van der Waals surface area contributed by atoms with Gasteiger partial charge in [-0.3, -0.25) is 4.79 Å². The third-order valence-electron chi connectivity index (χ3n) is 3.91. The number of nitrogens with two attached hydrogens (primary N) is 1. The predicted octanol–water partition coefficient (Wildman–Crippen LogP) is 5.16. The quantitative estimate of drug-likeness (QED) is 0.501. The number of nitrogen functional groups attached to an aromatic ring is 1. The van der Waals surface area contributed by atoms with Crippen molar-refractivity contribution in [2.45, 2.75) is 12.6 Å². The van der Waals surface area contributed by atoms with E-state index >= 15 is 0 Å². The second-order valence-corrected chi connectivity index (χ2v) is 6.69. The van der Waals surface area contributed by atoms with E-state index in [0.29, 0.717) is 21.4 Å². The SMILES string of the molecule is Nc1cc(C(F)(F)F)ccc1NC(=O)c1cnc(Cc2c(Cl)cccc2Cl)[nH]1. The van der Waals surface area contributed by atoms with Gasteiger partial charge < -0.3 is 16.0 Å². The van der Waals surface area contributed by atoms with Gasteiger partial charge in [-0.25, -0.2) is 4.98 Å². The van der Waals surface area contributed by atoms with Crippen molar-refractivity contribution in [1.29, 1.82) is 0 Å². The molecule has 10 heteroatoms. The van der Waals surface area contributed by atoms with Gasteiger partial charge in [-0.2, -0.15) is 13.2 Å². The monoisotopic (exact) mass is 428 g/mol. The Labute approximate surface area is 167 Å². The number of imidazole rings is 1. The summed E-state index contributed by atoms with van der Waals surface area (Å²) in [5, 5.41) is 3.38. The molecule has 146 valence electrons. The minimum atomic E-state index is -4.52. The van der Waals surface area contributed by atoms with Gasteiger partial charge in [0, 0.05) is 16.5 Å². The molecule has 0 aliphatic carbocycles. The number of aromatic nitrogens is 2. The molecule has 0 spiro atoms. The van der Waals surface area contributed by atoms with Crippen molar-refractivity contribution in [3.05, 3.63) is 75.3 Å². The molecule has 0 bridgehead atoms. The largest absolute Gasteiger partial charge is 0.416 e. The Balaban J connectivity index is 1.74.